The van der Waals surface area contributed by atoms with Gasteiger partial charge in [-0.3, -0.25) is 19.2 Å². The first kappa shape index (κ1) is 44.1. The Kier molecular flexibility index (Phi) is 13.0. The number of benzene rings is 4. The molecule has 61 heavy (non-hydrogen) atoms. The van der Waals surface area contributed by atoms with Gasteiger partial charge in [0.25, 0.3) is 0 Å². The number of hydrogen-bond acceptors (Lipinski definition) is 13. The molecule has 0 aliphatic heterocycles. The van der Waals surface area contributed by atoms with Gasteiger partial charge < -0.3 is 23.7 Å². The van der Waals surface area contributed by atoms with Crippen molar-refractivity contribution in [3.8, 4) is 22.9 Å². The molecule has 2 unspecified atom stereocenters. The minimum Gasteiger partial charge on any atom is -0.463 e. The molecule has 0 aliphatic carbocycles. The van der Waals surface area contributed by atoms with Crippen LogP contribution in [-0.4, -0.2) is 80.3 Å². The third-order valence-corrected chi connectivity index (χ3v) is 9.95. The van der Waals surface area contributed by atoms with Crippen molar-refractivity contribution in [3.63, 3.8) is 0 Å². The summed E-state index contributed by atoms with van der Waals surface area (Å²) in [4.78, 5) is 54.1. The Bertz CT molecular complexity index is 2350. The van der Waals surface area contributed by atoms with Crippen LogP contribution in [0.3, 0.4) is 0 Å². The topological polar surface area (TPSA) is 176 Å². The Labute approximate surface area is 354 Å². The molecule has 4 aromatic carbocycles. The number of ether oxygens (including phenoxy) is 5. The van der Waals surface area contributed by atoms with Gasteiger partial charge in [-0.2, -0.15) is 0 Å². The van der Waals surface area contributed by atoms with E-state index in [9.17, 15) is 19.2 Å². The van der Waals surface area contributed by atoms with Crippen LogP contribution >= 0.6 is 0 Å². The van der Waals surface area contributed by atoms with Crippen molar-refractivity contribution in [2.75, 3.05) is 26.4 Å². The summed E-state index contributed by atoms with van der Waals surface area (Å²) in [5, 5.41) is 18.5. The van der Waals surface area contributed by atoms with E-state index in [1.54, 1.807) is 26.0 Å². The third kappa shape index (κ3) is 10.3. The maximum atomic E-state index is 13.4. The van der Waals surface area contributed by atoms with Crippen LogP contribution in [0.4, 0.5) is 0 Å². The van der Waals surface area contributed by atoms with E-state index in [0.717, 1.165) is 0 Å². The van der Waals surface area contributed by atoms with Crippen LogP contribution in [0.5, 0.6) is 11.5 Å². The average molecular weight is 833 g/mol. The molecule has 2 atom stereocenters. The van der Waals surface area contributed by atoms with Gasteiger partial charge in [0.15, 0.2) is 11.5 Å². The molecule has 0 fully saturated rings. The van der Waals surface area contributed by atoms with E-state index in [1.807, 2.05) is 102 Å². The van der Waals surface area contributed by atoms with E-state index in [0.29, 0.717) is 67.2 Å². The second kappa shape index (κ2) is 18.0. The molecule has 15 heteroatoms. The molecule has 0 bridgehead atoms. The van der Waals surface area contributed by atoms with Gasteiger partial charge in [0.05, 0.1) is 25.0 Å². The van der Waals surface area contributed by atoms with E-state index in [-0.39, 0.29) is 26.4 Å². The van der Waals surface area contributed by atoms with Crippen LogP contribution in [0.2, 0.25) is 0 Å². The van der Waals surface area contributed by atoms with Crippen LogP contribution in [0.1, 0.15) is 103 Å². The maximum absolute atomic E-state index is 13.4. The quantitative estimate of drug-likeness (QED) is 0.0596. The smallest absolute Gasteiger partial charge is 0.313 e. The lowest BCUT2D eigenvalue weighted by Crippen LogP contribution is -2.22. The number of carbonyl (C=O) groups is 4. The lowest BCUT2D eigenvalue weighted by molar-refractivity contribution is -0.148. The van der Waals surface area contributed by atoms with Crippen molar-refractivity contribution < 1.29 is 42.9 Å². The normalized spacial score (nSPS) is 12.9. The van der Waals surface area contributed by atoms with Crippen LogP contribution in [0.25, 0.3) is 33.4 Å². The fraction of sp³-hybridized carbons (Fsp3) is 0.391. The number of nitrogens with zero attached hydrogens (tertiary/aromatic N) is 6. The lowest BCUT2D eigenvalue weighted by Gasteiger charge is -2.26. The predicted octanol–water partition coefficient (Wildman–Crippen LogP) is 7.61. The summed E-state index contributed by atoms with van der Waals surface area (Å²) in [6.45, 7) is 18.1. The zero-order valence-electron chi connectivity index (χ0n) is 36.3. The Balaban J connectivity index is 1.08. The highest BCUT2D eigenvalue weighted by Gasteiger charge is 2.31. The Morgan fingerprint density at radius 1 is 0.541 bits per heavy atom. The highest BCUT2D eigenvalue weighted by Crippen LogP contribution is 2.41. The molecular weight excluding hydrogens is 781 g/mol. The number of carbonyl (C=O) groups excluding carboxylic acids is 4. The van der Waals surface area contributed by atoms with Crippen molar-refractivity contribution in [2.45, 2.75) is 91.9 Å². The molecule has 0 N–H and O–H groups in total. The largest absolute Gasteiger partial charge is 0.463 e. The molecule has 15 nitrogen and oxygen atoms in total. The third-order valence-electron chi connectivity index (χ3n) is 9.95. The summed E-state index contributed by atoms with van der Waals surface area (Å²) in [5.74, 6) is -2.76. The monoisotopic (exact) mass is 832 g/mol. The second-order valence-electron chi connectivity index (χ2n) is 16.9. The van der Waals surface area contributed by atoms with E-state index >= 15 is 0 Å². The van der Waals surface area contributed by atoms with E-state index < -0.39 is 46.5 Å². The van der Waals surface area contributed by atoms with Gasteiger partial charge in [-0.1, -0.05) is 77.9 Å². The highest BCUT2D eigenvalue weighted by molar-refractivity contribution is 5.81. The summed E-state index contributed by atoms with van der Waals surface area (Å²) in [6, 6.07) is 21.9. The summed E-state index contributed by atoms with van der Waals surface area (Å²) in [6.07, 6.45) is 0. The highest BCUT2D eigenvalue weighted by atomic mass is 16.6. The van der Waals surface area contributed by atoms with Crippen LogP contribution < -0.4 is 9.47 Å². The Morgan fingerprint density at radius 2 is 0.869 bits per heavy atom. The van der Waals surface area contributed by atoms with Crippen molar-refractivity contribution in [1.82, 2.24) is 30.0 Å². The van der Waals surface area contributed by atoms with Crippen molar-refractivity contribution in [2.24, 2.45) is 0 Å². The van der Waals surface area contributed by atoms with E-state index in [1.165, 1.54) is 23.4 Å². The molecule has 0 saturated carbocycles. The fourth-order valence-electron chi connectivity index (χ4n) is 6.65. The average Bonchev–Trinajstić information content (AvgIpc) is 3.83. The predicted molar refractivity (Wildman–Crippen MR) is 227 cm³/mol. The summed E-state index contributed by atoms with van der Waals surface area (Å²) in [7, 11) is 0. The van der Waals surface area contributed by atoms with Gasteiger partial charge in [-0.15, -0.1) is 30.0 Å². The van der Waals surface area contributed by atoms with Crippen LogP contribution in [-0.2, 0) is 44.2 Å². The molecule has 0 saturated heterocycles. The standard InChI is InChI=1S/C46H52N6O9/c1-27(31-23-33(45(5,6)7)41(60-29(3)53)39(25-31)51-47-35-15-11-12-16-36(35)48-51)43(55)58-21-19-57-20-22-59-44(56)28(2)32-24-34(46(8,9)10)42(61-30(4)54)40(26-32)52-49-37-17-13-14-18-38(37)50-52/h11-18,23-28H,19-22H2,1-10H3. The molecule has 0 amide bonds. The second-order valence-corrected chi connectivity index (χ2v) is 16.9. The lowest BCUT2D eigenvalue weighted by atomic mass is 9.83. The molecule has 0 aliphatic rings. The van der Waals surface area contributed by atoms with Gasteiger partial charge >= 0.3 is 23.9 Å². The van der Waals surface area contributed by atoms with E-state index in [4.69, 9.17) is 23.7 Å². The van der Waals surface area contributed by atoms with Crippen molar-refractivity contribution >= 4 is 45.9 Å². The number of hydrogen-bond donors (Lipinski definition) is 0. The van der Waals surface area contributed by atoms with E-state index in [2.05, 4.69) is 20.4 Å². The zero-order valence-corrected chi connectivity index (χ0v) is 36.3. The maximum Gasteiger partial charge on any atom is 0.313 e. The first-order chi connectivity index (χ1) is 28.8. The minimum absolute atomic E-state index is 0.0341. The number of esters is 4. The van der Waals surface area contributed by atoms with Crippen molar-refractivity contribution in [3.05, 3.63) is 95.1 Å². The summed E-state index contributed by atoms with van der Waals surface area (Å²) >= 11 is 0. The Hall–Kier alpha value is -6.48. The first-order valence-corrected chi connectivity index (χ1v) is 20.1. The minimum atomic E-state index is -0.704. The molecular formula is C46H52N6O9. The summed E-state index contributed by atoms with van der Waals surface area (Å²) in [5.41, 5.74) is 5.13. The van der Waals surface area contributed by atoms with Gasteiger partial charge in [-0.25, -0.2) is 0 Å². The van der Waals surface area contributed by atoms with Crippen LogP contribution in [0, 0.1) is 0 Å². The number of rotatable bonds is 14. The molecule has 0 spiro atoms. The first-order valence-electron chi connectivity index (χ1n) is 20.1. The van der Waals surface area contributed by atoms with Gasteiger partial charge in [0.1, 0.15) is 46.7 Å². The Morgan fingerprint density at radius 3 is 1.16 bits per heavy atom. The SMILES string of the molecule is CC(=O)Oc1c(-n2nc3ccccc3n2)cc(C(C)C(=O)OCCOCCOC(=O)C(C)c2cc(-n3nc4ccccc4n3)c(OC(C)=O)c(C(C)(C)C)c2)cc1C(C)(C)C. The molecule has 6 aromatic rings. The van der Waals surface area contributed by atoms with Gasteiger partial charge in [0, 0.05) is 25.0 Å². The van der Waals surface area contributed by atoms with Gasteiger partial charge in [-0.05, 0) is 72.2 Å². The molecule has 2 heterocycles. The summed E-state index contributed by atoms with van der Waals surface area (Å²) < 4.78 is 28.4. The molecule has 6 rings (SSSR count). The molecule has 0 radical (unpaired) electrons. The van der Waals surface area contributed by atoms with Crippen molar-refractivity contribution in [1.29, 1.82) is 0 Å². The van der Waals surface area contributed by atoms with Crippen LogP contribution in [0.15, 0.2) is 72.8 Å². The van der Waals surface area contributed by atoms with Gasteiger partial charge in [0.2, 0.25) is 0 Å². The molecule has 2 aromatic heterocycles. The molecule has 320 valence electrons. The number of fused-ring (bicyclic) bond motifs is 2. The zero-order chi connectivity index (χ0) is 44.2. The number of aromatic nitrogens is 6. The fourth-order valence-corrected chi connectivity index (χ4v) is 6.65.